The molecule has 0 unspecified atom stereocenters. The van der Waals surface area contributed by atoms with Gasteiger partial charge in [0.05, 0.1) is 34.1 Å². The van der Waals surface area contributed by atoms with E-state index in [2.05, 4.69) is 190 Å². The number of hydrogen-bond acceptors (Lipinski definition) is 2. The summed E-state index contributed by atoms with van der Waals surface area (Å²) in [7, 11) is 0. The van der Waals surface area contributed by atoms with Crippen LogP contribution in [0.25, 0.3) is 32.3 Å². The highest BCUT2D eigenvalue weighted by atomic mass is 15.2. The molecule has 0 fully saturated rings. The molecule has 0 aliphatic carbocycles. The van der Waals surface area contributed by atoms with E-state index in [0.29, 0.717) is 0 Å². The van der Waals surface area contributed by atoms with Crippen LogP contribution in [0.4, 0.5) is 34.1 Å². The van der Waals surface area contributed by atoms with Crippen molar-refractivity contribution in [2.75, 3.05) is 9.80 Å². The maximum absolute atomic E-state index is 2.58. The fourth-order valence-corrected chi connectivity index (χ4v) is 9.25. The van der Waals surface area contributed by atoms with Crippen molar-refractivity contribution in [2.24, 2.45) is 0 Å². The van der Waals surface area contributed by atoms with Crippen LogP contribution in [0, 0.1) is 83.1 Å². The van der Waals surface area contributed by atoms with E-state index in [1.165, 1.54) is 133 Å². The molecule has 8 rings (SSSR count). The Bertz CT molecular complexity index is 2510. The Labute approximate surface area is 322 Å². The Kier molecular flexibility index (Phi) is 8.57. The van der Waals surface area contributed by atoms with E-state index in [0.717, 1.165) is 0 Å². The third kappa shape index (κ3) is 5.29. The Balaban J connectivity index is 1.50. The molecule has 270 valence electrons. The summed E-state index contributed by atoms with van der Waals surface area (Å²) in [6, 6.07) is 36.9. The molecule has 0 aliphatic rings. The number of nitrogens with zero attached hydrogens (tertiary/aromatic N) is 2. The Hall–Kier alpha value is -5.60. The van der Waals surface area contributed by atoms with Gasteiger partial charge in [-0.25, -0.2) is 0 Å². The smallest absolute Gasteiger partial charge is 0.0541 e. The van der Waals surface area contributed by atoms with Crippen LogP contribution >= 0.6 is 0 Å². The molecule has 0 saturated carbocycles. The molecular formula is C52H52N2. The minimum atomic E-state index is 1.21. The van der Waals surface area contributed by atoms with Gasteiger partial charge in [0.2, 0.25) is 0 Å². The lowest BCUT2D eigenvalue weighted by atomic mass is 9.90. The fraction of sp³-hybridized carbons (Fsp3) is 0.231. The van der Waals surface area contributed by atoms with Crippen molar-refractivity contribution in [1.29, 1.82) is 0 Å². The minimum absolute atomic E-state index is 1.21. The monoisotopic (exact) mass is 704 g/mol. The average molecular weight is 705 g/mol. The van der Waals surface area contributed by atoms with Crippen molar-refractivity contribution in [3.63, 3.8) is 0 Å². The largest absolute Gasteiger partial charge is 0.309 e. The summed E-state index contributed by atoms with van der Waals surface area (Å²) in [5.41, 5.74) is 23.1. The SMILES string of the molecule is Cc1cc(C)c(C)c(N(c2c(C)cccc2C)c2ccc3ccc4c(N(c5c(C)cccc5C)c5c(C)c(C)cc(C)c5C)ccc5ccc2c3c54)c1C. The standard InChI is InChI=1S/C52H52N2/c1-29-15-13-16-30(2)49(29)53(51-37(9)33(5)27-34(6)38(51)10)45-25-21-41-20-24-44-46(26-22-42-19-23-43(45)47(41)48(42)44)54(50-31(3)17-14-18-32(50)4)52-39(11)35(7)28-36(8)40(52)12/h13-28H,1-12H3. The van der Waals surface area contributed by atoms with Crippen LogP contribution in [0.1, 0.15) is 66.8 Å². The zero-order chi connectivity index (χ0) is 38.3. The summed E-state index contributed by atoms with van der Waals surface area (Å²) in [6.45, 7) is 27.2. The van der Waals surface area contributed by atoms with Crippen molar-refractivity contribution < 1.29 is 0 Å². The van der Waals surface area contributed by atoms with Crippen LogP contribution in [0.5, 0.6) is 0 Å². The maximum atomic E-state index is 2.58. The molecule has 0 saturated heterocycles. The lowest BCUT2D eigenvalue weighted by Gasteiger charge is -2.34. The number of rotatable bonds is 6. The Morgan fingerprint density at radius 3 is 0.907 bits per heavy atom. The lowest BCUT2D eigenvalue weighted by Crippen LogP contribution is -2.17. The quantitative estimate of drug-likeness (QED) is 0.159. The van der Waals surface area contributed by atoms with Crippen LogP contribution < -0.4 is 9.80 Å². The first-order valence-corrected chi connectivity index (χ1v) is 19.4. The van der Waals surface area contributed by atoms with Crippen LogP contribution in [0.15, 0.2) is 97.1 Å². The molecule has 0 aliphatic heterocycles. The second-order valence-electron chi connectivity index (χ2n) is 16.0. The number of anilines is 6. The van der Waals surface area contributed by atoms with Gasteiger partial charge in [-0.15, -0.1) is 0 Å². The first kappa shape index (κ1) is 35.4. The number of hydrogen-bond donors (Lipinski definition) is 0. The Morgan fingerprint density at radius 2 is 0.593 bits per heavy atom. The number of aryl methyl sites for hydroxylation is 8. The molecule has 0 amide bonds. The van der Waals surface area contributed by atoms with Gasteiger partial charge in [0, 0.05) is 10.8 Å². The predicted octanol–water partition coefficient (Wildman–Crippen LogP) is 15.2. The summed E-state index contributed by atoms with van der Waals surface area (Å²) >= 11 is 0. The summed E-state index contributed by atoms with van der Waals surface area (Å²) in [5, 5.41) is 7.68. The topological polar surface area (TPSA) is 6.48 Å². The molecule has 54 heavy (non-hydrogen) atoms. The molecule has 2 heteroatoms. The molecule has 2 nitrogen and oxygen atoms in total. The molecule has 0 N–H and O–H groups in total. The molecule has 0 heterocycles. The van der Waals surface area contributed by atoms with Crippen LogP contribution in [0.3, 0.4) is 0 Å². The van der Waals surface area contributed by atoms with E-state index in [1.54, 1.807) is 0 Å². The highest BCUT2D eigenvalue weighted by Crippen LogP contribution is 2.51. The second-order valence-corrected chi connectivity index (χ2v) is 16.0. The highest BCUT2D eigenvalue weighted by molar-refractivity contribution is 6.28. The van der Waals surface area contributed by atoms with Crippen molar-refractivity contribution >= 4 is 66.4 Å². The zero-order valence-corrected chi connectivity index (χ0v) is 34.1. The van der Waals surface area contributed by atoms with Gasteiger partial charge >= 0.3 is 0 Å². The fourth-order valence-electron chi connectivity index (χ4n) is 9.25. The van der Waals surface area contributed by atoms with Crippen molar-refractivity contribution in [1.82, 2.24) is 0 Å². The first-order valence-electron chi connectivity index (χ1n) is 19.4. The third-order valence-corrected chi connectivity index (χ3v) is 12.5. The first-order chi connectivity index (χ1) is 25.8. The number of para-hydroxylation sites is 2. The van der Waals surface area contributed by atoms with E-state index in [-0.39, 0.29) is 0 Å². The highest BCUT2D eigenvalue weighted by Gasteiger charge is 2.27. The molecule has 0 spiro atoms. The molecule has 0 bridgehead atoms. The van der Waals surface area contributed by atoms with Gasteiger partial charge in [-0.1, -0.05) is 84.9 Å². The second kappa shape index (κ2) is 13.1. The summed E-state index contributed by atoms with van der Waals surface area (Å²) in [6.07, 6.45) is 0. The third-order valence-electron chi connectivity index (χ3n) is 12.5. The van der Waals surface area contributed by atoms with E-state index in [9.17, 15) is 0 Å². The number of benzene rings is 8. The summed E-state index contributed by atoms with van der Waals surface area (Å²) < 4.78 is 0. The van der Waals surface area contributed by atoms with Gasteiger partial charge in [0.1, 0.15) is 0 Å². The van der Waals surface area contributed by atoms with Gasteiger partial charge in [0.15, 0.2) is 0 Å². The molecule has 0 atom stereocenters. The normalized spacial score (nSPS) is 11.7. The van der Waals surface area contributed by atoms with Gasteiger partial charge in [-0.05, 0) is 184 Å². The van der Waals surface area contributed by atoms with Crippen LogP contribution in [0.2, 0.25) is 0 Å². The molecule has 0 aromatic heterocycles. The van der Waals surface area contributed by atoms with Gasteiger partial charge in [-0.3, -0.25) is 0 Å². The molecule has 8 aromatic carbocycles. The predicted molar refractivity (Wildman–Crippen MR) is 236 cm³/mol. The molecule has 8 aromatic rings. The van der Waals surface area contributed by atoms with E-state index in [4.69, 9.17) is 0 Å². The molecule has 0 radical (unpaired) electrons. The van der Waals surface area contributed by atoms with Crippen molar-refractivity contribution in [2.45, 2.75) is 83.1 Å². The maximum Gasteiger partial charge on any atom is 0.0541 e. The summed E-state index contributed by atoms with van der Waals surface area (Å²) in [5.74, 6) is 0. The van der Waals surface area contributed by atoms with Gasteiger partial charge in [0.25, 0.3) is 0 Å². The van der Waals surface area contributed by atoms with Crippen molar-refractivity contribution in [3.8, 4) is 0 Å². The molecular weight excluding hydrogens is 653 g/mol. The lowest BCUT2D eigenvalue weighted by molar-refractivity contribution is 1.15. The van der Waals surface area contributed by atoms with Crippen LogP contribution in [-0.4, -0.2) is 0 Å². The van der Waals surface area contributed by atoms with Gasteiger partial charge < -0.3 is 9.80 Å². The Morgan fingerprint density at radius 1 is 0.296 bits per heavy atom. The summed E-state index contributed by atoms with van der Waals surface area (Å²) in [4.78, 5) is 5.15. The van der Waals surface area contributed by atoms with E-state index in [1.807, 2.05) is 0 Å². The van der Waals surface area contributed by atoms with E-state index < -0.39 is 0 Å². The zero-order valence-electron chi connectivity index (χ0n) is 34.1. The minimum Gasteiger partial charge on any atom is -0.309 e. The van der Waals surface area contributed by atoms with Crippen molar-refractivity contribution in [3.05, 3.63) is 164 Å². The van der Waals surface area contributed by atoms with E-state index >= 15 is 0 Å². The van der Waals surface area contributed by atoms with Gasteiger partial charge in [-0.2, -0.15) is 0 Å². The average Bonchev–Trinajstić information content (AvgIpc) is 3.14. The van der Waals surface area contributed by atoms with Crippen LogP contribution in [-0.2, 0) is 0 Å².